The lowest BCUT2D eigenvalue weighted by Gasteiger charge is -2.25. The Morgan fingerprint density at radius 1 is 1.16 bits per heavy atom. The largest absolute Gasteiger partial charge is 0.481 e. The average Bonchev–Trinajstić information content (AvgIpc) is 3.13. The van der Waals surface area contributed by atoms with Gasteiger partial charge in [0.15, 0.2) is 0 Å². The number of carbonyl (C=O) groups is 1. The number of aryl methyl sites for hydroxylation is 2. The van der Waals surface area contributed by atoms with Crippen LogP contribution in [0.1, 0.15) is 31.5 Å². The standard InChI is InChI=1S/C22H27N5O4S/c1-26-19-8-7-17(32(29,30)27-12-4-3-5-13-27)14-18(19)25-20(26)9-10-21(28)24-16-6-11-22(31-2)23-15-16/h6-8,11,14-15H,3-5,9-10,12-13H2,1-2H3,(H,24,28). The Morgan fingerprint density at radius 3 is 2.62 bits per heavy atom. The van der Waals surface area contributed by atoms with Crippen LogP contribution in [0.4, 0.5) is 5.69 Å². The molecule has 1 aliphatic heterocycles. The number of imidazole rings is 1. The third-order valence-electron chi connectivity index (χ3n) is 5.70. The van der Waals surface area contributed by atoms with Crippen LogP contribution in [-0.4, -0.2) is 53.4 Å². The summed E-state index contributed by atoms with van der Waals surface area (Å²) in [7, 11) is -0.116. The van der Waals surface area contributed by atoms with E-state index >= 15 is 0 Å². The highest BCUT2D eigenvalue weighted by Gasteiger charge is 2.26. The molecule has 1 saturated heterocycles. The Labute approximate surface area is 187 Å². The van der Waals surface area contributed by atoms with Crippen molar-refractivity contribution in [1.82, 2.24) is 18.8 Å². The number of nitrogens with zero attached hydrogens (tertiary/aromatic N) is 4. The number of pyridine rings is 1. The lowest BCUT2D eigenvalue weighted by Crippen LogP contribution is -2.35. The minimum Gasteiger partial charge on any atom is -0.481 e. The van der Waals surface area contributed by atoms with Crippen molar-refractivity contribution in [2.24, 2.45) is 7.05 Å². The van der Waals surface area contributed by atoms with Crippen molar-refractivity contribution >= 4 is 32.7 Å². The number of anilines is 1. The van der Waals surface area contributed by atoms with Gasteiger partial charge in [0.1, 0.15) is 5.82 Å². The highest BCUT2D eigenvalue weighted by molar-refractivity contribution is 7.89. The van der Waals surface area contributed by atoms with Crippen LogP contribution >= 0.6 is 0 Å². The highest BCUT2D eigenvalue weighted by Crippen LogP contribution is 2.25. The van der Waals surface area contributed by atoms with E-state index in [1.54, 1.807) is 34.6 Å². The second-order valence-corrected chi connectivity index (χ2v) is 9.78. The Kier molecular flexibility index (Phi) is 6.43. The molecule has 0 radical (unpaired) electrons. The predicted octanol–water partition coefficient (Wildman–Crippen LogP) is 2.72. The molecule has 9 nitrogen and oxygen atoms in total. The molecule has 1 amide bonds. The summed E-state index contributed by atoms with van der Waals surface area (Å²) < 4.78 is 34.4. The molecule has 1 aromatic carbocycles. The van der Waals surface area contributed by atoms with Crippen molar-refractivity contribution in [2.75, 3.05) is 25.5 Å². The van der Waals surface area contributed by atoms with E-state index in [4.69, 9.17) is 4.74 Å². The lowest BCUT2D eigenvalue weighted by atomic mass is 10.2. The number of carbonyl (C=O) groups excluding carboxylic acids is 1. The Morgan fingerprint density at radius 2 is 1.94 bits per heavy atom. The van der Waals surface area contributed by atoms with Crippen molar-refractivity contribution in [3.63, 3.8) is 0 Å². The van der Waals surface area contributed by atoms with Crippen LogP contribution in [0.25, 0.3) is 11.0 Å². The predicted molar refractivity (Wildman–Crippen MR) is 121 cm³/mol. The minimum absolute atomic E-state index is 0.155. The van der Waals surface area contributed by atoms with Crippen molar-refractivity contribution in [3.05, 3.63) is 42.4 Å². The van der Waals surface area contributed by atoms with Crippen LogP contribution < -0.4 is 10.1 Å². The molecule has 10 heteroatoms. The van der Waals surface area contributed by atoms with Gasteiger partial charge in [-0.2, -0.15) is 4.31 Å². The zero-order valence-electron chi connectivity index (χ0n) is 18.2. The monoisotopic (exact) mass is 457 g/mol. The summed E-state index contributed by atoms with van der Waals surface area (Å²) in [5.74, 6) is 1.04. The molecule has 0 spiro atoms. The van der Waals surface area contributed by atoms with Gasteiger partial charge in [-0.1, -0.05) is 6.42 Å². The van der Waals surface area contributed by atoms with Gasteiger partial charge in [-0.3, -0.25) is 4.79 Å². The number of benzene rings is 1. The second-order valence-electron chi connectivity index (χ2n) is 7.84. The number of methoxy groups -OCH3 is 1. The van der Waals surface area contributed by atoms with Gasteiger partial charge in [-0.15, -0.1) is 0 Å². The fourth-order valence-corrected chi connectivity index (χ4v) is 5.43. The van der Waals surface area contributed by atoms with Gasteiger partial charge in [-0.05, 0) is 37.1 Å². The molecule has 170 valence electrons. The number of hydrogen-bond donors (Lipinski definition) is 1. The van der Waals surface area contributed by atoms with Crippen LogP contribution in [0, 0.1) is 0 Å². The topological polar surface area (TPSA) is 106 Å². The average molecular weight is 458 g/mol. The van der Waals surface area contributed by atoms with E-state index in [2.05, 4.69) is 15.3 Å². The SMILES string of the molecule is COc1ccc(NC(=O)CCc2nc3cc(S(=O)(=O)N4CCCCC4)ccc3n2C)cn1. The summed E-state index contributed by atoms with van der Waals surface area (Å²) in [4.78, 5) is 21.3. The maximum absolute atomic E-state index is 13.0. The van der Waals surface area contributed by atoms with E-state index < -0.39 is 10.0 Å². The molecule has 2 aromatic heterocycles. The second kappa shape index (κ2) is 9.25. The van der Waals surface area contributed by atoms with E-state index in [1.165, 1.54) is 13.3 Å². The summed E-state index contributed by atoms with van der Waals surface area (Å²) in [5.41, 5.74) is 2.03. The summed E-state index contributed by atoms with van der Waals surface area (Å²) >= 11 is 0. The number of sulfonamides is 1. The molecule has 1 aliphatic rings. The number of hydrogen-bond acceptors (Lipinski definition) is 6. The van der Waals surface area contributed by atoms with Crippen LogP contribution in [-0.2, 0) is 28.3 Å². The maximum Gasteiger partial charge on any atom is 0.243 e. The molecule has 0 atom stereocenters. The minimum atomic E-state index is -3.52. The van der Waals surface area contributed by atoms with Gasteiger partial charge in [0.2, 0.25) is 21.8 Å². The third-order valence-corrected chi connectivity index (χ3v) is 7.60. The van der Waals surface area contributed by atoms with Crippen LogP contribution in [0.2, 0.25) is 0 Å². The first kappa shape index (κ1) is 22.2. The molecule has 1 N–H and O–H groups in total. The molecule has 32 heavy (non-hydrogen) atoms. The molecule has 3 aromatic rings. The van der Waals surface area contributed by atoms with Crippen molar-refractivity contribution in [2.45, 2.75) is 37.0 Å². The van der Waals surface area contributed by atoms with Gasteiger partial charge in [0, 0.05) is 39.0 Å². The number of ether oxygens (including phenoxy) is 1. The van der Waals surface area contributed by atoms with Gasteiger partial charge < -0.3 is 14.6 Å². The Balaban J connectivity index is 1.46. The third kappa shape index (κ3) is 4.61. The summed E-state index contributed by atoms with van der Waals surface area (Å²) in [6, 6.07) is 8.46. The highest BCUT2D eigenvalue weighted by atomic mass is 32.2. The smallest absolute Gasteiger partial charge is 0.243 e. The number of amides is 1. The van der Waals surface area contributed by atoms with E-state index in [0.717, 1.165) is 30.6 Å². The van der Waals surface area contributed by atoms with Crippen molar-refractivity contribution in [3.8, 4) is 5.88 Å². The number of nitrogens with one attached hydrogen (secondary N) is 1. The molecule has 0 saturated carbocycles. The van der Waals surface area contributed by atoms with E-state index in [1.807, 2.05) is 11.6 Å². The molecule has 1 fully saturated rings. The zero-order chi connectivity index (χ0) is 22.7. The summed E-state index contributed by atoms with van der Waals surface area (Å²) in [6.45, 7) is 1.12. The van der Waals surface area contributed by atoms with Crippen LogP contribution in [0.15, 0.2) is 41.4 Å². The molecule has 3 heterocycles. The molecule has 0 aliphatic carbocycles. The molecule has 0 bridgehead atoms. The first-order chi connectivity index (χ1) is 15.4. The van der Waals surface area contributed by atoms with Gasteiger partial charge >= 0.3 is 0 Å². The van der Waals surface area contributed by atoms with Gasteiger partial charge in [-0.25, -0.2) is 18.4 Å². The Hall–Kier alpha value is -2.98. The first-order valence-electron chi connectivity index (χ1n) is 10.6. The number of piperidine rings is 1. The fourth-order valence-electron chi connectivity index (χ4n) is 3.89. The lowest BCUT2D eigenvalue weighted by molar-refractivity contribution is -0.116. The molecular formula is C22H27N5O4S. The van der Waals surface area contributed by atoms with E-state index in [9.17, 15) is 13.2 Å². The summed E-state index contributed by atoms with van der Waals surface area (Å²) in [5, 5.41) is 2.80. The van der Waals surface area contributed by atoms with Gasteiger partial charge in [0.05, 0.1) is 34.9 Å². The van der Waals surface area contributed by atoms with E-state index in [-0.39, 0.29) is 17.2 Å². The molecular weight excluding hydrogens is 430 g/mol. The van der Waals surface area contributed by atoms with Crippen LogP contribution in [0.3, 0.4) is 0 Å². The van der Waals surface area contributed by atoms with E-state index in [0.29, 0.717) is 36.6 Å². The first-order valence-corrected chi connectivity index (χ1v) is 12.1. The number of aromatic nitrogens is 3. The van der Waals surface area contributed by atoms with Crippen LogP contribution in [0.5, 0.6) is 5.88 Å². The quantitative estimate of drug-likeness (QED) is 0.585. The number of fused-ring (bicyclic) bond motifs is 1. The zero-order valence-corrected chi connectivity index (χ0v) is 19.1. The Bertz CT molecular complexity index is 1220. The fraction of sp³-hybridized carbons (Fsp3) is 0.409. The maximum atomic E-state index is 13.0. The molecule has 0 unspecified atom stereocenters. The van der Waals surface area contributed by atoms with Gasteiger partial charge in [0.25, 0.3) is 0 Å². The van der Waals surface area contributed by atoms with Crippen molar-refractivity contribution in [1.29, 1.82) is 0 Å². The van der Waals surface area contributed by atoms with Crippen molar-refractivity contribution < 1.29 is 17.9 Å². The normalized spacial score (nSPS) is 15.1. The summed E-state index contributed by atoms with van der Waals surface area (Å²) in [6.07, 6.45) is 5.05. The number of rotatable bonds is 7. The molecule has 4 rings (SSSR count).